The number of carboxylic acid groups (broad SMARTS) is 1. The lowest BCUT2D eigenvalue weighted by Gasteiger charge is -2.07. The second-order valence-electron chi connectivity index (χ2n) is 6.49. The van der Waals surface area contributed by atoms with E-state index in [1.807, 2.05) is 37.3 Å². The van der Waals surface area contributed by atoms with E-state index in [0.717, 1.165) is 21.3 Å². The van der Waals surface area contributed by atoms with Crippen molar-refractivity contribution in [3.05, 3.63) is 58.6 Å². The SMILES string of the molecule is Cc1ccc(COC(=O)Nc2ccc3nc(C4=NC(C(=O)O)CS4)sc3c2)cc1. The van der Waals surface area contributed by atoms with E-state index >= 15 is 0 Å². The number of aliphatic imine (C=N–C) groups is 1. The molecule has 1 atom stereocenters. The molecule has 148 valence electrons. The second-order valence-corrected chi connectivity index (χ2v) is 8.53. The van der Waals surface area contributed by atoms with Gasteiger partial charge in [-0.15, -0.1) is 23.1 Å². The summed E-state index contributed by atoms with van der Waals surface area (Å²) in [6, 6.07) is 12.4. The predicted octanol–water partition coefficient (Wildman–Crippen LogP) is 4.30. The number of nitrogens with zero attached hydrogens (tertiary/aromatic N) is 2. The molecule has 1 aliphatic heterocycles. The molecule has 0 fully saturated rings. The number of rotatable bonds is 5. The molecule has 0 saturated carbocycles. The topological polar surface area (TPSA) is 101 Å². The molecule has 7 nitrogen and oxygen atoms in total. The summed E-state index contributed by atoms with van der Waals surface area (Å²) in [4.78, 5) is 31.9. The maximum Gasteiger partial charge on any atom is 0.411 e. The van der Waals surface area contributed by atoms with Gasteiger partial charge in [0.05, 0.1) is 10.2 Å². The number of aromatic nitrogens is 1. The number of amides is 1. The molecule has 1 unspecified atom stereocenters. The highest BCUT2D eigenvalue weighted by Crippen LogP contribution is 2.31. The van der Waals surface area contributed by atoms with Gasteiger partial charge < -0.3 is 9.84 Å². The summed E-state index contributed by atoms with van der Waals surface area (Å²) in [6.45, 7) is 2.20. The number of aliphatic carboxylic acids is 1. The minimum Gasteiger partial charge on any atom is -0.480 e. The second kappa shape index (κ2) is 8.22. The zero-order valence-corrected chi connectivity index (χ0v) is 17.0. The molecule has 1 aliphatic rings. The lowest BCUT2D eigenvalue weighted by molar-refractivity contribution is -0.137. The Bertz CT molecular complexity index is 1110. The lowest BCUT2D eigenvalue weighted by Crippen LogP contribution is -2.17. The maximum atomic E-state index is 12.1. The fourth-order valence-electron chi connectivity index (χ4n) is 2.70. The molecule has 2 N–H and O–H groups in total. The number of fused-ring (bicyclic) bond motifs is 1. The van der Waals surface area contributed by atoms with Crippen molar-refractivity contribution in [2.24, 2.45) is 4.99 Å². The van der Waals surface area contributed by atoms with Gasteiger partial charge in [0, 0.05) is 11.4 Å². The van der Waals surface area contributed by atoms with E-state index < -0.39 is 18.1 Å². The van der Waals surface area contributed by atoms with Crippen LogP contribution in [0.3, 0.4) is 0 Å². The minimum absolute atomic E-state index is 0.195. The van der Waals surface area contributed by atoms with Gasteiger partial charge in [0.15, 0.2) is 6.04 Å². The van der Waals surface area contributed by atoms with Crippen LogP contribution >= 0.6 is 23.1 Å². The van der Waals surface area contributed by atoms with E-state index in [1.54, 1.807) is 12.1 Å². The van der Waals surface area contributed by atoms with Gasteiger partial charge in [0.1, 0.15) is 16.7 Å². The van der Waals surface area contributed by atoms with Crippen LogP contribution < -0.4 is 5.32 Å². The molecular weight excluding hydrogens is 410 g/mol. The van der Waals surface area contributed by atoms with Gasteiger partial charge >= 0.3 is 12.1 Å². The molecule has 1 amide bonds. The van der Waals surface area contributed by atoms with Gasteiger partial charge in [-0.25, -0.2) is 14.6 Å². The highest BCUT2D eigenvalue weighted by molar-refractivity contribution is 8.15. The molecule has 4 rings (SSSR count). The number of ether oxygens (including phenoxy) is 1. The van der Waals surface area contributed by atoms with E-state index in [2.05, 4.69) is 15.3 Å². The van der Waals surface area contributed by atoms with Crippen molar-refractivity contribution < 1.29 is 19.4 Å². The fourth-order valence-corrected chi connectivity index (χ4v) is 4.80. The number of nitrogens with one attached hydrogen (secondary N) is 1. The Balaban J connectivity index is 1.42. The largest absolute Gasteiger partial charge is 0.480 e. The summed E-state index contributed by atoms with van der Waals surface area (Å²) in [7, 11) is 0. The number of carbonyl (C=O) groups excluding carboxylic acids is 1. The van der Waals surface area contributed by atoms with Crippen molar-refractivity contribution in [2.75, 3.05) is 11.1 Å². The molecule has 0 saturated heterocycles. The summed E-state index contributed by atoms with van der Waals surface area (Å²) in [5, 5.41) is 13.1. The van der Waals surface area contributed by atoms with Crippen LogP contribution in [0.25, 0.3) is 10.2 Å². The van der Waals surface area contributed by atoms with Gasteiger partial charge in [-0.2, -0.15) is 0 Å². The molecule has 2 heterocycles. The number of carbonyl (C=O) groups is 2. The number of benzene rings is 2. The third-order valence-electron chi connectivity index (χ3n) is 4.24. The summed E-state index contributed by atoms with van der Waals surface area (Å²) in [5.74, 6) is -0.510. The highest BCUT2D eigenvalue weighted by atomic mass is 32.2. The van der Waals surface area contributed by atoms with Crippen LogP contribution in [0.2, 0.25) is 0 Å². The number of carboxylic acids is 1. The third-order valence-corrected chi connectivity index (χ3v) is 6.45. The summed E-state index contributed by atoms with van der Waals surface area (Å²) in [6.07, 6.45) is -0.533. The van der Waals surface area contributed by atoms with Crippen LogP contribution in [-0.4, -0.2) is 39.0 Å². The zero-order valence-electron chi connectivity index (χ0n) is 15.4. The zero-order chi connectivity index (χ0) is 20.4. The van der Waals surface area contributed by atoms with Crippen LogP contribution in [0.5, 0.6) is 0 Å². The number of aryl methyl sites for hydroxylation is 1. The normalized spacial score (nSPS) is 15.9. The molecule has 0 spiro atoms. The standard InChI is InChI=1S/C20H17N3O4S2/c1-11-2-4-12(5-3-11)9-27-20(26)21-13-6-7-14-16(8-13)29-18(22-14)17-23-15(10-28-17)19(24)25/h2-8,15H,9-10H2,1H3,(H,21,26)(H,24,25). The number of thiazole rings is 1. The van der Waals surface area contributed by atoms with E-state index in [1.165, 1.54) is 23.1 Å². The Morgan fingerprint density at radius 1 is 1.24 bits per heavy atom. The Morgan fingerprint density at radius 2 is 2.03 bits per heavy atom. The predicted molar refractivity (Wildman–Crippen MR) is 115 cm³/mol. The van der Waals surface area contributed by atoms with Crippen molar-refractivity contribution in [2.45, 2.75) is 19.6 Å². The first-order valence-electron chi connectivity index (χ1n) is 8.81. The van der Waals surface area contributed by atoms with E-state index in [4.69, 9.17) is 9.84 Å². The first-order chi connectivity index (χ1) is 14.0. The van der Waals surface area contributed by atoms with Crippen LogP contribution in [0.1, 0.15) is 16.1 Å². The minimum atomic E-state index is -0.927. The molecular formula is C20H17N3O4S2. The third kappa shape index (κ3) is 4.57. The average Bonchev–Trinajstić information content (AvgIpc) is 3.34. The Kier molecular flexibility index (Phi) is 5.50. The van der Waals surface area contributed by atoms with Crippen LogP contribution in [-0.2, 0) is 16.1 Å². The van der Waals surface area contributed by atoms with Crippen molar-refractivity contribution in [1.82, 2.24) is 4.98 Å². The molecule has 2 aromatic carbocycles. The molecule has 1 aromatic heterocycles. The molecule has 3 aromatic rings. The highest BCUT2D eigenvalue weighted by Gasteiger charge is 2.26. The van der Waals surface area contributed by atoms with Crippen molar-refractivity contribution in [1.29, 1.82) is 0 Å². The summed E-state index contributed by atoms with van der Waals surface area (Å²) >= 11 is 2.81. The van der Waals surface area contributed by atoms with Crippen molar-refractivity contribution >= 4 is 56.1 Å². The summed E-state index contributed by atoms with van der Waals surface area (Å²) < 4.78 is 6.14. The smallest absolute Gasteiger partial charge is 0.411 e. The van der Waals surface area contributed by atoms with Gasteiger partial charge in [-0.3, -0.25) is 10.3 Å². The fraction of sp³-hybridized carbons (Fsp3) is 0.200. The van der Waals surface area contributed by atoms with E-state index in [9.17, 15) is 9.59 Å². The molecule has 29 heavy (non-hydrogen) atoms. The van der Waals surface area contributed by atoms with Gasteiger partial charge in [-0.1, -0.05) is 29.8 Å². The summed E-state index contributed by atoms with van der Waals surface area (Å²) in [5.41, 5.74) is 3.44. The lowest BCUT2D eigenvalue weighted by atomic mass is 10.2. The first kappa shape index (κ1) is 19.4. The molecule has 0 aliphatic carbocycles. The first-order valence-corrected chi connectivity index (χ1v) is 10.6. The van der Waals surface area contributed by atoms with Gasteiger partial charge in [0.25, 0.3) is 0 Å². The maximum absolute atomic E-state index is 12.1. The number of anilines is 1. The van der Waals surface area contributed by atoms with Crippen LogP contribution in [0, 0.1) is 6.92 Å². The van der Waals surface area contributed by atoms with Gasteiger partial charge in [-0.05, 0) is 30.7 Å². The monoisotopic (exact) mass is 427 g/mol. The van der Waals surface area contributed by atoms with E-state index in [0.29, 0.717) is 21.5 Å². The average molecular weight is 428 g/mol. The Morgan fingerprint density at radius 3 is 2.76 bits per heavy atom. The van der Waals surface area contributed by atoms with Crippen LogP contribution in [0.15, 0.2) is 47.5 Å². The van der Waals surface area contributed by atoms with Crippen molar-refractivity contribution in [3.63, 3.8) is 0 Å². The van der Waals surface area contributed by atoms with E-state index in [-0.39, 0.29) is 6.61 Å². The molecule has 0 bridgehead atoms. The Labute approximate surface area is 174 Å². The number of hydrogen-bond acceptors (Lipinski definition) is 7. The number of thioether (sulfide) groups is 1. The van der Waals surface area contributed by atoms with Gasteiger partial charge in [0.2, 0.25) is 0 Å². The molecule has 9 heteroatoms. The number of hydrogen-bond donors (Lipinski definition) is 2. The van der Waals surface area contributed by atoms with Crippen LogP contribution in [0.4, 0.5) is 10.5 Å². The Hall–Kier alpha value is -2.91. The quantitative estimate of drug-likeness (QED) is 0.630. The van der Waals surface area contributed by atoms with Crippen molar-refractivity contribution in [3.8, 4) is 0 Å². The molecule has 0 radical (unpaired) electrons.